The van der Waals surface area contributed by atoms with Crippen LogP contribution >= 0.6 is 0 Å². The number of aromatic hydroxyl groups is 3. The molecule has 6 nitrogen and oxygen atoms in total. The van der Waals surface area contributed by atoms with Crippen molar-refractivity contribution in [3.05, 3.63) is 52.9 Å². The Hall–Kier alpha value is -3.41. The molecule has 0 unspecified atom stereocenters. The van der Waals surface area contributed by atoms with Crippen LogP contribution in [0.4, 0.5) is 0 Å². The van der Waals surface area contributed by atoms with Crippen molar-refractivity contribution in [1.82, 2.24) is 0 Å². The van der Waals surface area contributed by atoms with Crippen molar-refractivity contribution in [2.75, 3.05) is 0 Å². The number of hydrogen-bond acceptors (Lipinski definition) is 6. The second kappa shape index (κ2) is 4.54. The minimum absolute atomic E-state index is 0.0279. The van der Waals surface area contributed by atoms with Crippen LogP contribution in [-0.4, -0.2) is 15.3 Å². The van der Waals surface area contributed by atoms with Crippen LogP contribution in [0.15, 0.2) is 56.3 Å². The van der Waals surface area contributed by atoms with E-state index in [1.54, 1.807) is 24.3 Å². The van der Waals surface area contributed by atoms with Gasteiger partial charge in [0, 0.05) is 23.1 Å². The van der Waals surface area contributed by atoms with Gasteiger partial charge >= 0.3 is 0 Å². The van der Waals surface area contributed by atoms with Crippen LogP contribution < -0.4 is 5.43 Å². The molecule has 0 aliphatic rings. The van der Waals surface area contributed by atoms with E-state index in [0.717, 1.165) is 11.5 Å². The summed E-state index contributed by atoms with van der Waals surface area (Å²) in [4.78, 5) is 12.3. The van der Waals surface area contributed by atoms with Gasteiger partial charge in [0.1, 0.15) is 28.1 Å². The number of phenols is 2. The zero-order chi connectivity index (χ0) is 16.1. The SMILES string of the molecule is O=c1c(O)c(-c2ccc3ccoc3c2)oc2cc(O)cc(O)c12. The zero-order valence-corrected chi connectivity index (χ0v) is 11.6. The van der Waals surface area contributed by atoms with Crippen molar-refractivity contribution < 1.29 is 24.2 Å². The van der Waals surface area contributed by atoms with Crippen molar-refractivity contribution in [2.24, 2.45) is 0 Å². The van der Waals surface area contributed by atoms with Crippen LogP contribution in [0.1, 0.15) is 0 Å². The molecule has 2 aromatic heterocycles. The summed E-state index contributed by atoms with van der Waals surface area (Å²) in [5, 5.41) is 30.2. The van der Waals surface area contributed by atoms with Gasteiger partial charge in [-0.15, -0.1) is 0 Å². The lowest BCUT2D eigenvalue weighted by molar-refractivity contribution is 0.438. The van der Waals surface area contributed by atoms with Gasteiger partial charge in [-0.25, -0.2) is 0 Å². The summed E-state index contributed by atoms with van der Waals surface area (Å²) >= 11 is 0. The van der Waals surface area contributed by atoms with Gasteiger partial charge in [0.05, 0.1) is 6.26 Å². The van der Waals surface area contributed by atoms with Gasteiger partial charge in [-0.05, 0) is 12.1 Å². The lowest BCUT2D eigenvalue weighted by Crippen LogP contribution is -2.02. The first-order valence-electron chi connectivity index (χ1n) is 6.74. The van der Waals surface area contributed by atoms with E-state index < -0.39 is 16.9 Å². The van der Waals surface area contributed by atoms with E-state index in [1.807, 2.05) is 0 Å². The van der Waals surface area contributed by atoms with Gasteiger partial charge in [-0.1, -0.05) is 12.1 Å². The normalized spacial score (nSPS) is 11.3. The predicted octanol–water partition coefficient (Wildman–Crippen LogP) is 3.32. The molecule has 0 radical (unpaired) electrons. The molecule has 0 amide bonds. The van der Waals surface area contributed by atoms with E-state index in [9.17, 15) is 20.1 Å². The Morgan fingerprint density at radius 1 is 0.913 bits per heavy atom. The summed E-state index contributed by atoms with van der Waals surface area (Å²) in [5.74, 6) is -1.40. The molecule has 0 saturated carbocycles. The Kier molecular flexibility index (Phi) is 2.62. The smallest absolute Gasteiger partial charge is 0.238 e. The van der Waals surface area contributed by atoms with E-state index in [1.165, 1.54) is 12.3 Å². The summed E-state index contributed by atoms with van der Waals surface area (Å²) in [5.41, 5.74) is 0.202. The highest BCUT2D eigenvalue weighted by molar-refractivity contribution is 5.89. The largest absolute Gasteiger partial charge is 0.508 e. The van der Waals surface area contributed by atoms with Crippen LogP contribution in [0.25, 0.3) is 33.3 Å². The van der Waals surface area contributed by atoms with E-state index in [4.69, 9.17) is 8.83 Å². The van der Waals surface area contributed by atoms with Crippen molar-refractivity contribution >= 4 is 21.9 Å². The van der Waals surface area contributed by atoms with Crippen molar-refractivity contribution in [1.29, 1.82) is 0 Å². The molecule has 0 bridgehead atoms. The van der Waals surface area contributed by atoms with Gasteiger partial charge in [0.2, 0.25) is 11.2 Å². The zero-order valence-electron chi connectivity index (χ0n) is 11.6. The van der Waals surface area contributed by atoms with E-state index in [-0.39, 0.29) is 22.5 Å². The second-order valence-corrected chi connectivity index (χ2v) is 5.12. The predicted molar refractivity (Wildman–Crippen MR) is 82.7 cm³/mol. The minimum atomic E-state index is -0.779. The lowest BCUT2D eigenvalue weighted by Gasteiger charge is -2.07. The average Bonchev–Trinajstić information content (AvgIpc) is 2.97. The lowest BCUT2D eigenvalue weighted by atomic mass is 10.1. The third-order valence-corrected chi connectivity index (χ3v) is 3.65. The third-order valence-electron chi connectivity index (χ3n) is 3.65. The quantitative estimate of drug-likeness (QED) is 0.498. The average molecular weight is 310 g/mol. The van der Waals surface area contributed by atoms with Gasteiger partial charge in [-0.2, -0.15) is 0 Å². The monoisotopic (exact) mass is 310 g/mol. The molecule has 4 rings (SSSR count). The molecule has 4 aromatic rings. The van der Waals surface area contributed by atoms with Gasteiger partial charge in [-0.3, -0.25) is 4.79 Å². The fourth-order valence-corrected chi connectivity index (χ4v) is 2.57. The number of furan rings is 1. The molecule has 0 aliphatic heterocycles. The highest BCUT2D eigenvalue weighted by atomic mass is 16.4. The first kappa shape index (κ1) is 13.3. The molecule has 0 atom stereocenters. The summed E-state index contributed by atoms with van der Waals surface area (Å²) in [6.45, 7) is 0. The minimum Gasteiger partial charge on any atom is -0.508 e. The molecule has 2 aromatic carbocycles. The topological polar surface area (TPSA) is 104 Å². The van der Waals surface area contributed by atoms with Crippen LogP contribution in [0.3, 0.4) is 0 Å². The van der Waals surface area contributed by atoms with E-state index in [0.29, 0.717) is 11.1 Å². The van der Waals surface area contributed by atoms with Crippen LogP contribution in [-0.2, 0) is 0 Å². The Balaban J connectivity index is 2.07. The van der Waals surface area contributed by atoms with E-state index in [2.05, 4.69) is 0 Å². The molecule has 3 N–H and O–H groups in total. The molecule has 23 heavy (non-hydrogen) atoms. The van der Waals surface area contributed by atoms with Crippen molar-refractivity contribution in [3.8, 4) is 28.6 Å². The molecule has 2 heterocycles. The maximum atomic E-state index is 12.3. The molecule has 6 heteroatoms. The Morgan fingerprint density at radius 3 is 2.57 bits per heavy atom. The maximum absolute atomic E-state index is 12.3. The molecule has 0 aliphatic carbocycles. The van der Waals surface area contributed by atoms with Gasteiger partial charge in [0.15, 0.2) is 5.76 Å². The number of rotatable bonds is 1. The molecule has 0 saturated heterocycles. The maximum Gasteiger partial charge on any atom is 0.238 e. The van der Waals surface area contributed by atoms with Crippen LogP contribution in [0, 0.1) is 0 Å². The summed E-state index contributed by atoms with van der Waals surface area (Å²) < 4.78 is 10.8. The summed E-state index contributed by atoms with van der Waals surface area (Å²) in [6, 6.07) is 9.05. The fraction of sp³-hybridized carbons (Fsp3) is 0. The summed E-state index contributed by atoms with van der Waals surface area (Å²) in [7, 11) is 0. The summed E-state index contributed by atoms with van der Waals surface area (Å²) in [6.07, 6.45) is 1.53. The van der Waals surface area contributed by atoms with Gasteiger partial charge in [0.25, 0.3) is 0 Å². The number of fused-ring (bicyclic) bond motifs is 2. The Labute approximate surface area is 128 Å². The molecular formula is C17H10O6. The van der Waals surface area contributed by atoms with E-state index >= 15 is 0 Å². The highest BCUT2D eigenvalue weighted by Gasteiger charge is 2.19. The third kappa shape index (κ3) is 1.92. The number of hydrogen-bond donors (Lipinski definition) is 3. The molecule has 0 spiro atoms. The van der Waals surface area contributed by atoms with Gasteiger partial charge < -0.3 is 24.2 Å². The first-order chi connectivity index (χ1) is 11.0. The number of benzene rings is 2. The number of phenolic OH excluding ortho intramolecular Hbond substituents is 2. The molecule has 0 fully saturated rings. The van der Waals surface area contributed by atoms with Crippen LogP contribution in [0.5, 0.6) is 17.2 Å². The molecule has 114 valence electrons. The fourth-order valence-electron chi connectivity index (χ4n) is 2.57. The Bertz CT molecular complexity index is 1120. The molecular weight excluding hydrogens is 300 g/mol. The van der Waals surface area contributed by atoms with Crippen LogP contribution in [0.2, 0.25) is 0 Å². The standard InChI is InChI=1S/C17H10O6/c18-10-6-11(19)14-13(7-10)23-17(16(21)15(14)20)9-2-1-8-3-4-22-12(8)5-9/h1-7,18-19,21H. The second-order valence-electron chi connectivity index (χ2n) is 5.12. The van der Waals surface area contributed by atoms with Crippen molar-refractivity contribution in [2.45, 2.75) is 0 Å². The van der Waals surface area contributed by atoms with Crippen molar-refractivity contribution in [3.63, 3.8) is 0 Å². The Morgan fingerprint density at radius 2 is 1.74 bits per heavy atom. The first-order valence-corrected chi connectivity index (χ1v) is 6.74. The highest BCUT2D eigenvalue weighted by Crippen LogP contribution is 2.35.